The standard InChI is InChI=1S/C12H18N6OS/c1-3-19-7-11-16-9(6-10(17-11)18-13)15-8(2)12-14-4-5-20-12/h4-6,8H,3,7,13H2,1-2H3,(H2,15,16,17,18). The molecule has 0 fully saturated rings. The average molecular weight is 294 g/mol. The van der Waals surface area contributed by atoms with Gasteiger partial charge in [-0.05, 0) is 13.8 Å². The normalized spacial score (nSPS) is 12.2. The Labute approximate surface area is 121 Å². The number of aromatic nitrogens is 3. The second-order valence-corrected chi connectivity index (χ2v) is 5.00. The van der Waals surface area contributed by atoms with Crippen molar-refractivity contribution in [2.75, 3.05) is 17.3 Å². The highest BCUT2D eigenvalue weighted by Gasteiger charge is 2.10. The monoisotopic (exact) mass is 294 g/mol. The molecule has 0 saturated heterocycles. The lowest BCUT2D eigenvalue weighted by Crippen LogP contribution is -2.14. The van der Waals surface area contributed by atoms with Gasteiger partial charge in [-0.25, -0.2) is 20.8 Å². The van der Waals surface area contributed by atoms with Crippen LogP contribution in [-0.2, 0) is 11.3 Å². The Morgan fingerprint density at radius 3 is 2.85 bits per heavy atom. The fourth-order valence-electron chi connectivity index (χ4n) is 1.63. The summed E-state index contributed by atoms with van der Waals surface area (Å²) in [6.07, 6.45) is 1.78. The van der Waals surface area contributed by atoms with Crippen molar-refractivity contribution in [1.29, 1.82) is 0 Å². The maximum Gasteiger partial charge on any atom is 0.158 e. The summed E-state index contributed by atoms with van der Waals surface area (Å²) in [5, 5.41) is 6.22. The Morgan fingerprint density at radius 2 is 2.20 bits per heavy atom. The molecule has 0 radical (unpaired) electrons. The fraction of sp³-hybridized carbons (Fsp3) is 0.417. The van der Waals surface area contributed by atoms with Gasteiger partial charge in [0.05, 0.1) is 6.04 Å². The summed E-state index contributed by atoms with van der Waals surface area (Å²) in [6.45, 7) is 4.92. The molecule has 0 spiro atoms. The molecule has 0 aliphatic rings. The van der Waals surface area contributed by atoms with Crippen molar-refractivity contribution < 1.29 is 4.74 Å². The first kappa shape index (κ1) is 14.6. The second-order valence-electron chi connectivity index (χ2n) is 4.07. The summed E-state index contributed by atoms with van der Waals surface area (Å²) >= 11 is 1.60. The highest BCUT2D eigenvalue weighted by molar-refractivity contribution is 7.09. The summed E-state index contributed by atoms with van der Waals surface area (Å²) in [6, 6.07) is 1.81. The fourth-order valence-corrected chi connectivity index (χ4v) is 2.28. The zero-order valence-electron chi connectivity index (χ0n) is 11.5. The molecule has 2 aromatic heterocycles. The van der Waals surface area contributed by atoms with Crippen LogP contribution in [0.5, 0.6) is 0 Å². The Kier molecular flexibility index (Phi) is 5.22. The van der Waals surface area contributed by atoms with Gasteiger partial charge in [0.15, 0.2) is 5.82 Å². The number of ether oxygens (including phenoxy) is 1. The van der Waals surface area contributed by atoms with E-state index in [9.17, 15) is 0 Å². The van der Waals surface area contributed by atoms with E-state index >= 15 is 0 Å². The first-order valence-electron chi connectivity index (χ1n) is 6.31. The number of hydrogen-bond acceptors (Lipinski definition) is 8. The number of rotatable bonds is 7. The molecule has 2 heterocycles. The largest absolute Gasteiger partial charge is 0.374 e. The zero-order valence-corrected chi connectivity index (χ0v) is 12.3. The second kappa shape index (κ2) is 7.13. The smallest absolute Gasteiger partial charge is 0.158 e. The summed E-state index contributed by atoms with van der Waals surface area (Å²) in [5.74, 6) is 7.23. The minimum Gasteiger partial charge on any atom is -0.374 e. The van der Waals surface area contributed by atoms with Crippen molar-refractivity contribution in [3.05, 3.63) is 28.5 Å². The number of hydrazine groups is 1. The van der Waals surface area contributed by atoms with E-state index in [2.05, 4.69) is 25.7 Å². The predicted molar refractivity (Wildman–Crippen MR) is 79.3 cm³/mol. The molecule has 0 bridgehead atoms. The number of nitrogens with one attached hydrogen (secondary N) is 2. The highest BCUT2D eigenvalue weighted by atomic mass is 32.1. The molecule has 20 heavy (non-hydrogen) atoms. The van der Waals surface area contributed by atoms with Crippen molar-refractivity contribution in [2.24, 2.45) is 5.84 Å². The van der Waals surface area contributed by atoms with E-state index in [1.807, 2.05) is 19.2 Å². The highest BCUT2D eigenvalue weighted by Crippen LogP contribution is 2.21. The maximum absolute atomic E-state index is 5.42. The predicted octanol–water partition coefficient (Wildman–Crippen LogP) is 1.93. The molecule has 0 aromatic carbocycles. The summed E-state index contributed by atoms with van der Waals surface area (Å²) in [5.41, 5.74) is 2.53. The van der Waals surface area contributed by atoms with E-state index in [1.54, 1.807) is 23.6 Å². The molecule has 1 atom stereocenters. The average Bonchev–Trinajstić information content (AvgIpc) is 2.99. The Morgan fingerprint density at radius 1 is 1.40 bits per heavy atom. The number of anilines is 2. The van der Waals surface area contributed by atoms with Crippen molar-refractivity contribution in [3.63, 3.8) is 0 Å². The van der Waals surface area contributed by atoms with Gasteiger partial charge in [-0.15, -0.1) is 11.3 Å². The molecule has 2 aromatic rings. The van der Waals surface area contributed by atoms with Crippen LogP contribution < -0.4 is 16.6 Å². The van der Waals surface area contributed by atoms with E-state index in [4.69, 9.17) is 10.6 Å². The maximum atomic E-state index is 5.42. The minimum absolute atomic E-state index is 0.0652. The van der Waals surface area contributed by atoms with Crippen molar-refractivity contribution in [3.8, 4) is 0 Å². The van der Waals surface area contributed by atoms with E-state index in [1.165, 1.54) is 0 Å². The SMILES string of the molecule is CCOCc1nc(NN)cc(NC(C)c2nccs2)n1. The van der Waals surface area contributed by atoms with Gasteiger partial charge in [0, 0.05) is 24.3 Å². The van der Waals surface area contributed by atoms with E-state index in [0.29, 0.717) is 30.7 Å². The summed E-state index contributed by atoms with van der Waals surface area (Å²) < 4.78 is 5.32. The number of nitrogen functional groups attached to an aromatic ring is 1. The first-order valence-corrected chi connectivity index (χ1v) is 7.19. The molecule has 7 nitrogen and oxygen atoms in total. The van der Waals surface area contributed by atoms with Gasteiger partial charge in [0.2, 0.25) is 0 Å². The van der Waals surface area contributed by atoms with Crippen molar-refractivity contribution >= 4 is 23.0 Å². The van der Waals surface area contributed by atoms with Gasteiger partial charge < -0.3 is 15.5 Å². The molecular formula is C12H18N6OS. The quantitative estimate of drug-likeness (QED) is 0.530. The Bertz CT molecular complexity index is 533. The van der Waals surface area contributed by atoms with Crippen LogP contribution in [0.15, 0.2) is 17.6 Å². The molecule has 0 amide bonds. The number of nitrogens with two attached hydrogens (primary N) is 1. The number of nitrogens with zero attached hydrogens (tertiary/aromatic N) is 3. The molecule has 0 saturated carbocycles. The van der Waals surface area contributed by atoms with Crippen LogP contribution in [-0.4, -0.2) is 21.6 Å². The molecule has 4 N–H and O–H groups in total. The molecular weight excluding hydrogens is 276 g/mol. The molecule has 2 rings (SSSR count). The molecule has 0 aliphatic heterocycles. The van der Waals surface area contributed by atoms with E-state index in [-0.39, 0.29) is 6.04 Å². The minimum atomic E-state index is 0.0652. The molecule has 108 valence electrons. The first-order chi connectivity index (χ1) is 9.72. The van der Waals surface area contributed by atoms with Crippen LogP contribution in [0.2, 0.25) is 0 Å². The lowest BCUT2D eigenvalue weighted by Gasteiger charge is -2.13. The van der Waals surface area contributed by atoms with Gasteiger partial charge >= 0.3 is 0 Å². The van der Waals surface area contributed by atoms with Crippen LogP contribution in [0, 0.1) is 0 Å². The van der Waals surface area contributed by atoms with Gasteiger partial charge in [-0.1, -0.05) is 0 Å². The molecule has 8 heteroatoms. The van der Waals surface area contributed by atoms with Gasteiger partial charge in [-0.3, -0.25) is 0 Å². The van der Waals surface area contributed by atoms with Gasteiger partial charge in [0.1, 0.15) is 23.3 Å². The lowest BCUT2D eigenvalue weighted by molar-refractivity contribution is 0.128. The molecule has 1 unspecified atom stereocenters. The third kappa shape index (κ3) is 3.86. The molecule has 0 aliphatic carbocycles. The Balaban J connectivity index is 2.13. The Hall–Kier alpha value is -1.77. The van der Waals surface area contributed by atoms with Gasteiger partial charge in [0.25, 0.3) is 0 Å². The van der Waals surface area contributed by atoms with Gasteiger partial charge in [-0.2, -0.15) is 0 Å². The van der Waals surface area contributed by atoms with Crippen LogP contribution in [0.4, 0.5) is 11.6 Å². The summed E-state index contributed by atoms with van der Waals surface area (Å²) in [7, 11) is 0. The third-order valence-electron chi connectivity index (χ3n) is 2.54. The van der Waals surface area contributed by atoms with Crippen molar-refractivity contribution in [2.45, 2.75) is 26.5 Å². The van der Waals surface area contributed by atoms with Crippen LogP contribution in [0.25, 0.3) is 0 Å². The summed E-state index contributed by atoms with van der Waals surface area (Å²) in [4.78, 5) is 12.9. The van der Waals surface area contributed by atoms with Crippen LogP contribution >= 0.6 is 11.3 Å². The third-order valence-corrected chi connectivity index (χ3v) is 3.50. The zero-order chi connectivity index (χ0) is 14.4. The van der Waals surface area contributed by atoms with Crippen LogP contribution in [0.3, 0.4) is 0 Å². The van der Waals surface area contributed by atoms with Crippen LogP contribution in [0.1, 0.15) is 30.7 Å². The number of hydrogen-bond donors (Lipinski definition) is 3. The van der Waals surface area contributed by atoms with E-state index in [0.717, 1.165) is 5.01 Å². The van der Waals surface area contributed by atoms with Crippen molar-refractivity contribution in [1.82, 2.24) is 15.0 Å². The number of thiazole rings is 1. The van der Waals surface area contributed by atoms with E-state index < -0.39 is 0 Å². The topological polar surface area (TPSA) is 98.0 Å². The lowest BCUT2D eigenvalue weighted by atomic mass is 10.3.